The summed E-state index contributed by atoms with van der Waals surface area (Å²) < 4.78 is 5.64. The van der Waals surface area contributed by atoms with Gasteiger partial charge in [0.25, 0.3) is 11.7 Å². The molecule has 1 heterocycles. The van der Waals surface area contributed by atoms with Crippen LogP contribution in [0.5, 0.6) is 5.75 Å². The number of Topliss-reactive ketones (excluding diaryl/α,β-unsaturated/α-hetero) is 1. The Balaban J connectivity index is 2.03. The molecular formula is C29H39N3O4. The second kappa shape index (κ2) is 12.6. The van der Waals surface area contributed by atoms with Crippen LogP contribution in [0.4, 0.5) is 5.69 Å². The predicted octanol–water partition coefficient (Wildman–Crippen LogP) is 4.70. The number of carbonyl (C=O) groups is 2. The average Bonchev–Trinajstić information content (AvgIpc) is 3.13. The van der Waals surface area contributed by atoms with Gasteiger partial charge in [-0.25, -0.2) is 0 Å². The van der Waals surface area contributed by atoms with Gasteiger partial charge >= 0.3 is 0 Å². The lowest BCUT2D eigenvalue weighted by Gasteiger charge is -2.27. The zero-order chi connectivity index (χ0) is 26.2. The van der Waals surface area contributed by atoms with E-state index >= 15 is 0 Å². The highest BCUT2D eigenvalue weighted by molar-refractivity contribution is 6.46. The van der Waals surface area contributed by atoms with Crippen molar-refractivity contribution in [3.05, 3.63) is 65.2 Å². The molecule has 0 saturated carbocycles. The van der Waals surface area contributed by atoms with E-state index in [4.69, 9.17) is 4.74 Å². The third-order valence-electron chi connectivity index (χ3n) is 6.48. The molecule has 1 aliphatic rings. The van der Waals surface area contributed by atoms with Gasteiger partial charge in [-0.15, -0.1) is 0 Å². The highest BCUT2D eigenvalue weighted by Gasteiger charge is 2.45. The molecule has 0 spiro atoms. The fourth-order valence-electron chi connectivity index (χ4n) is 4.56. The molecule has 1 amide bonds. The van der Waals surface area contributed by atoms with E-state index in [0.29, 0.717) is 24.5 Å². The van der Waals surface area contributed by atoms with Gasteiger partial charge in [-0.05, 0) is 89.3 Å². The molecule has 0 radical (unpaired) electrons. The topological polar surface area (TPSA) is 73.3 Å². The van der Waals surface area contributed by atoms with Crippen molar-refractivity contribution in [2.75, 3.05) is 51.8 Å². The van der Waals surface area contributed by atoms with E-state index in [0.717, 1.165) is 43.7 Å². The second-order valence-electron chi connectivity index (χ2n) is 9.29. The van der Waals surface area contributed by atoms with Crippen LogP contribution in [0.2, 0.25) is 0 Å². The molecule has 194 valence electrons. The van der Waals surface area contributed by atoms with Crippen molar-refractivity contribution in [2.24, 2.45) is 0 Å². The molecule has 1 atom stereocenters. The number of likely N-dealkylation sites (tertiary alicyclic amines) is 1. The van der Waals surface area contributed by atoms with Gasteiger partial charge in [-0.1, -0.05) is 19.1 Å². The lowest BCUT2D eigenvalue weighted by atomic mass is 9.95. The monoisotopic (exact) mass is 493 g/mol. The molecule has 7 nitrogen and oxygen atoms in total. The summed E-state index contributed by atoms with van der Waals surface area (Å²) >= 11 is 0. The lowest BCUT2D eigenvalue weighted by molar-refractivity contribution is -0.139. The molecule has 0 aliphatic carbocycles. The Kier molecular flexibility index (Phi) is 9.53. The summed E-state index contributed by atoms with van der Waals surface area (Å²) in [7, 11) is 3.96. The smallest absolute Gasteiger partial charge is 0.295 e. The number of aliphatic hydroxyl groups excluding tert-OH is 1. The summed E-state index contributed by atoms with van der Waals surface area (Å²) in [6.07, 6.45) is 1.61. The number of ketones is 1. The standard InChI is InChI=1S/C29H39N3O4/c1-6-20-36-24-16-12-22(13-17-24)27(33)25-26(21-10-14-23(15-11-21)31(7-2)8-3)32(29(35)28(25)34)19-9-18-30(4)5/h10-17,26,33H,6-9,18-20H2,1-5H3/b27-25-. The molecule has 0 bridgehead atoms. The lowest BCUT2D eigenvalue weighted by Crippen LogP contribution is -2.32. The van der Waals surface area contributed by atoms with Crippen molar-refractivity contribution in [3.8, 4) is 5.75 Å². The summed E-state index contributed by atoms with van der Waals surface area (Å²) in [6.45, 7) is 9.83. The van der Waals surface area contributed by atoms with E-state index in [1.54, 1.807) is 29.2 Å². The SMILES string of the molecule is CCCOc1ccc(/C(O)=C2/C(=O)C(=O)N(CCCN(C)C)C2c2ccc(N(CC)CC)cc2)cc1. The molecule has 36 heavy (non-hydrogen) atoms. The van der Waals surface area contributed by atoms with E-state index in [1.165, 1.54) is 0 Å². The van der Waals surface area contributed by atoms with E-state index < -0.39 is 17.7 Å². The van der Waals surface area contributed by atoms with E-state index in [2.05, 4.69) is 18.7 Å². The molecule has 1 unspecified atom stereocenters. The zero-order valence-electron chi connectivity index (χ0n) is 22.2. The molecule has 1 saturated heterocycles. The van der Waals surface area contributed by atoms with Crippen molar-refractivity contribution in [3.63, 3.8) is 0 Å². The maximum Gasteiger partial charge on any atom is 0.295 e. The first kappa shape index (κ1) is 27.3. The largest absolute Gasteiger partial charge is 0.507 e. The van der Waals surface area contributed by atoms with Gasteiger partial charge in [0, 0.05) is 30.9 Å². The Morgan fingerprint density at radius 2 is 1.61 bits per heavy atom. The number of aliphatic hydroxyl groups is 1. The fourth-order valence-corrected chi connectivity index (χ4v) is 4.56. The Morgan fingerprint density at radius 3 is 2.17 bits per heavy atom. The molecule has 1 N–H and O–H groups in total. The van der Waals surface area contributed by atoms with E-state index in [-0.39, 0.29) is 11.3 Å². The minimum absolute atomic E-state index is 0.127. The van der Waals surface area contributed by atoms with Crippen LogP contribution in [0.25, 0.3) is 5.76 Å². The highest BCUT2D eigenvalue weighted by Crippen LogP contribution is 2.40. The number of benzene rings is 2. The number of hydrogen-bond donors (Lipinski definition) is 1. The van der Waals surface area contributed by atoms with Crippen molar-refractivity contribution in [1.82, 2.24) is 9.80 Å². The van der Waals surface area contributed by atoms with Crippen LogP contribution in [-0.2, 0) is 9.59 Å². The van der Waals surface area contributed by atoms with Crippen LogP contribution < -0.4 is 9.64 Å². The van der Waals surface area contributed by atoms with Crippen LogP contribution in [0.3, 0.4) is 0 Å². The first-order chi connectivity index (χ1) is 17.3. The van der Waals surface area contributed by atoms with Gasteiger partial charge in [-0.3, -0.25) is 9.59 Å². The summed E-state index contributed by atoms with van der Waals surface area (Å²) in [6, 6.07) is 14.3. The van der Waals surface area contributed by atoms with Gasteiger partial charge in [0.2, 0.25) is 0 Å². The molecule has 3 rings (SSSR count). The first-order valence-corrected chi connectivity index (χ1v) is 12.8. The number of nitrogens with zero attached hydrogens (tertiary/aromatic N) is 3. The minimum atomic E-state index is -0.651. The number of rotatable bonds is 12. The Hall–Kier alpha value is -3.32. The molecule has 7 heteroatoms. The minimum Gasteiger partial charge on any atom is -0.507 e. The Bertz CT molecular complexity index is 1060. The van der Waals surface area contributed by atoms with Crippen molar-refractivity contribution in [2.45, 2.75) is 39.7 Å². The molecule has 1 fully saturated rings. The van der Waals surface area contributed by atoms with Crippen LogP contribution in [0, 0.1) is 0 Å². The van der Waals surface area contributed by atoms with Crippen molar-refractivity contribution < 1.29 is 19.4 Å². The normalized spacial score (nSPS) is 17.2. The number of hydrogen-bond acceptors (Lipinski definition) is 6. The zero-order valence-corrected chi connectivity index (χ0v) is 22.2. The predicted molar refractivity (Wildman–Crippen MR) is 144 cm³/mol. The number of ether oxygens (including phenoxy) is 1. The fraction of sp³-hybridized carbons (Fsp3) is 0.448. The van der Waals surface area contributed by atoms with Gasteiger partial charge < -0.3 is 24.5 Å². The van der Waals surface area contributed by atoms with Gasteiger partial charge in [-0.2, -0.15) is 0 Å². The quantitative estimate of drug-likeness (QED) is 0.263. The van der Waals surface area contributed by atoms with Crippen LogP contribution in [0.15, 0.2) is 54.1 Å². The maximum atomic E-state index is 13.2. The van der Waals surface area contributed by atoms with Crippen molar-refractivity contribution >= 4 is 23.1 Å². The number of anilines is 1. The molecule has 0 aromatic heterocycles. The number of amides is 1. The van der Waals surface area contributed by atoms with E-state index in [1.807, 2.05) is 50.2 Å². The molecule has 2 aromatic rings. The van der Waals surface area contributed by atoms with Gasteiger partial charge in [0.15, 0.2) is 0 Å². The van der Waals surface area contributed by atoms with Crippen LogP contribution in [-0.4, -0.2) is 73.5 Å². The van der Waals surface area contributed by atoms with Crippen molar-refractivity contribution in [1.29, 1.82) is 0 Å². The molecule has 1 aliphatic heterocycles. The Labute approximate surface area is 215 Å². The maximum absolute atomic E-state index is 13.2. The van der Waals surface area contributed by atoms with Crippen LogP contribution >= 0.6 is 0 Å². The summed E-state index contributed by atoms with van der Waals surface area (Å²) in [5, 5.41) is 11.3. The Morgan fingerprint density at radius 1 is 0.972 bits per heavy atom. The van der Waals surface area contributed by atoms with Crippen LogP contribution in [0.1, 0.15) is 50.8 Å². The number of carbonyl (C=O) groups excluding carboxylic acids is 2. The average molecular weight is 494 g/mol. The van der Waals surface area contributed by atoms with E-state index in [9.17, 15) is 14.7 Å². The summed E-state index contributed by atoms with van der Waals surface area (Å²) in [4.78, 5) is 32.3. The van der Waals surface area contributed by atoms with Gasteiger partial charge in [0.1, 0.15) is 11.5 Å². The third-order valence-corrected chi connectivity index (χ3v) is 6.48. The van der Waals surface area contributed by atoms with Gasteiger partial charge in [0.05, 0.1) is 18.2 Å². The molecular weight excluding hydrogens is 454 g/mol. The second-order valence-corrected chi connectivity index (χ2v) is 9.29. The third kappa shape index (κ3) is 6.08. The molecule has 2 aromatic carbocycles. The summed E-state index contributed by atoms with van der Waals surface area (Å²) in [5.41, 5.74) is 2.49. The summed E-state index contributed by atoms with van der Waals surface area (Å²) in [5.74, 6) is -0.693. The highest BCUT2D eigenvalue weighted by atomic mass is 16.5. The first-order valence-electron chi connectivity index (χ1n) is 12.8.